The Morgan fingerprint density at radius 1 is 0.970 bits per heavy atom. The van der Waals surface area contributed by atoms with E-state index in [2.05, 4.69) is 14.8 Å². The summed E-state index contributed by atoms with van der Waals surface area (Å²) in [7, 11) is 5.00. The van der Waals surface area contributed by atoms with Crippen LogP contribution in [0.25, 0.3) is 0 Å². The van der Waals surface area contributed by atoms with Crippen molar-refractivity contribution in [2.24, 2.45) is 0 Å². The zero-order chi connectivity index (χ0) is 24.6. The normalized spacial score (nSPS) is 11.8. The molecule has 1 N–H and O–H groups in total. The van der Waals surface area contributed by atoms with E-state index >= 15 is 0 Å². The monoisotopic (exact) mass is 469 g/mol. The SMILES string of the molecule is COC(=O)/C=C(/Nc1ccc(Oc2cccc(C(F)(F)F)c2)c(C(OC)OC)c1)C(=O)OC. The third-order valence-corrected chi connectivity index (χ3v) is 4.23. The van der Waals surface area contributed by atoms with Crippen molar-refractivity contribution in [1.29, 1.82) is 0 Å². The van der Waals surface area contributed by atoms with Crippen molar-refractivity contribution in [3.63, 3.8) is 0 Å². The molecular weight excluding hydrogens is 447 g/mol. The van der Waals surface area contributed by atoms with E-state index in [4.69, 9.17) is 14.2 Å². The van der Waals surface area contributed by atoms with Crippen LogP contribution < -0.4 is 10.1 Å². The summed E-state index contributed by atoms with van der Waals surface area (Å²) in [5, 5.41) is 2.73. The molecule has 178 valence electrons. The number of methoxy groups -OCH3 is 4. The van der Waals surface area contributed by atoms with E-state index in [0.717, 1.165) is 32.4 Å². The number of anilines is 1. The fraction of sp³-hybridized carbons (Fsp3) is 0.273. The van der Waals surface area contributed by atoms with Crippen molar-refractivity contribution in [2.45, 2.75) is 12.5 Å². The number of esters is 2. The van der Waals surface area contributed by atoms with E-state index in [1.807, 2.05) is 0 Å². The number of nitrogens with one attached hydrogen (secondary N) is 1. The molecular formula is C22H22F3NO7. The summed E-state index contributed by atoms with van der Waals surface area (Å²) in [4.78, 5) is 23.6. The van der Waals surface area contributed by atoms with Crippen LogP contribution in [0.15, 0.2) is 54.2 Å². The first-order valence-electron chi connectivity index (χ1n) is 9.32. The van der Waals surface area contributed by atoms with Crippen molar-refractivity contribution >= 4 is 17.6 Å². The molecule has 2 rings (SSSR count). The Balaban J connectivity index is 2.45. The maximum atomic E-state index is 13.0. The number of alkyl halides is 3. The first kappa shape index (κ1) is 25.7. The largest absolute Gasteiger partial charge is 0.466 e. The van der Waals surface area contributed by atoms with Gasteiger partial charge in [-0.05, 0) is 36.4 Å². The number of hydrogen-bond donors (Lipinski definition) is 1. The van der Waals surface area contributed by atoms with Gasteiger partial charge in [-0.25, -0.2) is 9.59 Å². The summed E-state index contributed by atoms with van der Waals surface area (Å²) in [6, 6.07) is 8.77. The van der Waals surface area contributed by atoms with Crippen molar-refractivity contribution in [1.82, 2.24) is 0 Å². The molecule has 0 unspecified atom stereocenters. The second-order valence-electron chi connectivity index (χ2n) is 6.38. The molecule has 0 bridgehead atoms. The van der Waals surface area contributed by atoms with Gasteiger partial charge in [0.2, 0.25) is 0 Å². The van der Waals surface area contributed by atoms with Crippen LogP contribution in [-0.2, 0) is 34.7 Å². The highest BCUT2D eigenvalue weighted by molar-refractivity contribution is 5.98. The summed E-state index contributed by atoms with van der Waals surface area (Å²) < 4.78 is 64.5. The maximum Gasteiger partial charge on any atom is 0.416 e. The lowest BCUT2D eigenvalue weighted by atomic mass is 10.1. The minimum absolute atomic E-state index is 0.0569. The number of carbonyl (C=O) groups is 2. The topological polar surface area (TPSA) is 92.3 Å². The lowest BCUT2D eigenvalue weighted by molar-refractivity contribution is -0.138. The Bertz CT molecular complexity index is 1020. The molecule has 0 atom stereocenters. The standard InChI is InChI=1S/C22H22F3NO7/c1-29-19(27)12-17(20(28)30-2)26-14-8-9-18(16(11-14)21(31-3)32-4)33-15-7-5-6-13(10-15)22(23,24)25/h5-12,21,26H,1-4H3/b17-12+. The zero-order valence-corrected chi connectivity index (χ0v) is 18.2. The van der Waals surface area contributed by atoms with Crippen LogP contribution >= 0.6 is 0 Å². The summed E-state index contributed by atoms with van der Waals surface area (Å²) in [5.74, 6) is -1.54. The minimum Gasteiger partial charge on any atom is -0.466 e. The second kappa shape index (κ2) is 11.3. The molecule has 0 spiro atoms. The molecule has 0 fully saturated rings. The van der Waals surface area contributed by atoms with E-state index in [1.165, 1.54) is 44.6 Å². The quantitative estimate of drug-likeness (QED) is 0.328. The predicted molar refractivity (Wildman–Crippen MR) is 110 cm³/mol. The fourth-order valence-electron chi connectivity index (χ4n) is 2.70. The Morgan fingerprint density at radius 3 is 2.24 bits per heavy atom. The summed E-state index contributed by atoms with van der Waals surface area (Å²) in [6.07, 6.45) is -4.59. The van der Waals surface area contributed by atoms with E-state index in [1.54, 1.807) is 0 Å². The van der Waals surface area contributed by atoms with Crippen LogP contribution in [-0.4, -0.2) is 40.4 Å². The zero-order valence-electron chi connectivity index (χ0n) is 18.2. The van der Waals surface area contributed by atoms with Gasteiger partial charge in [-0.15, -0.1) is 0 Å². The molecule has 0 amide bonds. The van der Waals surface area contributed by atoms with Crippen molar-refractivity contribution < 1.29 is 46.4 Å². The van der Waals surface area contributed by atoms with Crippen LogP contribution in [0.5, 0.6) is 11.5 Å². The van der Waals surface area contributed by atoms with Gasteiger partial charge in [-0.2, -0.15) is 13.2 Å². The Labute approximate surface area is 187 Å². The minimum atomic E-state index is -4.53. The molecule has 0 saturated carbocycles. The molecule has 0 saturated heterocycles. The number of hydrogen-bond acceptors (Lipinski definition) is 8. The molecule has 0 aliphatic rings. The molecule has 2 aromatic carbocycles. The van der Waals surface area contributed by atoms with Gasteiger partial charge >= 0.3 is 18.1 Å². The highest BCUT2D eigenvalue weighted by Crippen LogP contribution is 2.36. The molecule has 0 aliphatic heterocycles. The highest BCUT2D eigenvalue weighted by atomic mass is 19.4. The van der Waals surface area contributed by atoms with Crippen molar-refractivity contribution in [3.05, 3.63) is 65.4 Å². The van der Waals surface area contributed by atoms with Gasteiger partial charge in [0.1, 0.15) is 17.2 Å². The van der Waals surface area contributed by atoms with Gasteiger partial charge in [0.25, 0.3) is 0 Å². The molecule has 2 aromatic rings. The number of carbonyl (C=O) groups excluding carboxylic acids is 2. The summed E-state index contributed by atoms with van der Waals surface area (Å²) in [6.45, 7) is 0. The lowest BCUT2D eigenvalue weighted by Crippen LogP contribution is -2.16. The lowest BCUT2D eigenvalue weighted by Gasteiger charge is -2.20. The van der Waals surface area contributed by atoms with E-state index in [9.17, 15) is 22.8 Å². The summed E-state index contributed by atoms with van der Waals surface area (Å²) >= 11 is 0. The van der Waals surface area contributed by atoms with Gasteiger partial charge < -0.3 is 29.0 Å². The highest BCUT2D eigenvalue weighted by Gasteiger charge is 2.30. The molecule has 0 aliphatic carbocycles. The molecule has 0 heterocycles. The first-order chi connectivity index (χ1) is 15.6. The van der Waals surface area contributed by atoms with Crippen molar-refractivity contribution in [3.8, 4) is 11.5 Å². The summed E-state index contributed by atoms with van der Waals surface area (Å²) in [5.41, 5.74) is -0.482. The van der Waals surface area contributed by atoms with Gasteiger partial charge in [0, 0.05) is 19.9 Å². The van der Waals surface area contributed by atoms with E-state index in [-0.39, 0.29) is 17.2 Å². The Hall–Kier alpha value is -3.57. The molecule has 33 heavy (non-hydrogen) atoms. The third kappa shape index (κ3) is 6.96. The molecule has 0 aromatic heterocycles. The first-order valence-corrected chi connectivity index (χ1v) is 9.32. The van der Waals surface area contributed by atoms with E-state index in [0.29, 0.717) is 11.3 Å². The van der Waals surface area contributed by atoms with Gasteiger partial charge in [-0.1, -0.05) is 6.07 Å². The number of halogens is 3. The van der Waals surface area contributed by atoms with Gasteiger partial charge in [0.15, 0.2) is 6.29 Å². The fourth-order valence-corrected chi connectivity index (χ4v) is 2.70. The molecule has 8 nitrogen and oxygen atoms in total. The van der Waals surface area contributed by atoms with Gasteiger partial charge in [-0.3, -0.25) is 0 Å². The van der Waals surface area contributed by atoms with Crippen molar-refractivity contribution in [2.75, 3.05) is 33.8 Å². The maximum absolute atomic E-state index is 13.0. The average molecular weight is 469 g/mol. The van der Waals surface area contributed by atoms with Crippen LogP contribution in [0, 0.1) is 0 Å². The van der Waals surface area contributed by atoms with Crippen LogP contribution in [0.3, 0.4) is 0 Å². The number of ether oxygens (including phenoxy) is 5. The average Bonchev–Trinajstić information content (AvgIpc) is 2.79. The number of rotatable bonds is 9. The second-order valence-corrected chi connectivity index (χ2v) is 6.38. The predicted octanol–water partition coefficient (Wildman–Crippen LogP) is 4.43. The molecule has 0 radical (unpaired) electrons. The van der Waals surface area contributed by atoms with Crippen LogP contribution in [0.4, 0.5) is 18.9 Å². The van der Waals surface area contributed by atoms with Crippen LogP contribution in [0.1, 0.15) is 17.4 Å². The molecule has 11 heteroatoms. The Kier molecular flexibility index (Phi) is 8.83. The number of benzene rings is 2. The smallest absolute Gasteiger partial charge is 0.416 e. The van der Waals surface area contributed by atoms with E-state index < -0.39 is 30.0 Å². The van der Waals surface area contributed by atoms with Gasteiger partial charge in [0.05, 0.1) is 31.4 Å². The van der Waals surface area contributed by atoms with Crippen LogP contribution in [0.2, 0.25) is 0 Å². The third-order valence-electron chi connectivity index (χ3n) is 4.23. The Morgan fingerprint density at radius 2 is 1.67 bits per heavy atom.